The molecule has 118 valence electrons. The number of likely N-dealkylation sites (tertiary alicyclic amines) is 1. The van der Waals surface area contributed by atoms with Gasteiger partial charge >= 0.3 is 0 Å². The van der Waals surface area contributed by atoms with Gasteiger partial charge in [0.2, 0.25) is 0 Å². The number of piperidine rings is 1. The Hall–Kier alpha value is -1.36. The summed E-state index contributed by atoms with van der Waals surface area (Å²) in [7, 11) is 0. The van der Waals surface area contributed by atoms with Gasteiger partial charge in [0, 0.05) is 38.6 Å². The van der Waals surface area contributed by atoms with Crippen LogP contribution in [-0.2, 0) is 16.1 Å². The Morgan fingerprint density at radius 1 is 1.52 bits per heavy atom. The Kier molecular flexibility index (Phi) is 5.04. The monoisotopic (exact) mass is 293 g/mol. The van der Waals surface area contributed by atoms with E-state index in [2.05, 4.69) is 9.55 Å². The van der Waals surface area contributed by atoms with E-state index in [9.17, 15) is 4.79 Å². The van der Waals surface area contributed by atoms with Crippen LogP contribution in [0, 0.1) is 12.8 Å². The topological polar surface area (TPSA) is 47.4 Å². The lowest BCUT2D eigenvalue weighted by Gasteiger charge is -2.37. The summed E-state index contributed by atoms with van der Waals surface area (Å²) in [6.45, 7) is 10.8. The summed E-state index contributed by atoms with van der Waals surface area (Å²) < 4.78 is 7.77. The maximum atomic E-state index is 12.6. The van der Waals surface area contributed by atoms with Crippen LogP contribution in [0.25, 0.3) is 0 Å². The van der Waals surface area contributed by atoms with Crippen molar-refractivity contribution in [2.24, 2.45) is 5.92 Å². The first-order valence-electron chi connectivity index (χ1n) is 7.85. The number of carbonyl (C=O) groups is 1. The van der Waals surface area contributed by atoms with E-state index in [0.717, 1.165) is 38.3 Å². The highest BCUT2D eigenvalue weighted by atomic mass is 16.5. The quantitative estimate of drug-likeness (QED) is 0.836. The number of hydrogen-bond acceptors (Lipinski definition) is 3. The molecule has 0 spiro atoms. The summed E-state index contributed by atoms with van der Waals surface area (Å²) in [6, 6.07) is 0. The van der Waals surface area contributed by atoms with E-state index in [1.807, 2.05) is 45.0 Å². The first kappa shape index (κ1) is 16.0. The zero-order chi connectivity index (χ0) is 15.5. The molecule has 1 aliphatic heterocycles. The number of nitrogens with zero attached hydrogens (tertiary/aromatic N) is 3. The van der Waals surface area contributed by atoms with Crippen LogP contribution in [0.4, 0.5) is 0 Å². The minimum Gasteiger partial charge on any atom is -0.366 e. The van der Waals surface area contributed by atoms with Gasteiger partial charge in [-0.15, -0.1) is 0 Å². The van der Waals surface area contributed by atoms with Gasteiger partial charge in [-0.25, -0.2) is 4.98 Å². The Bertz CT molecular complexity index is 482. The van der Waals surface area contributed by atoms with Crippen molar-refractivity contribution in [3.63, 3.8) is 0 Å². The lowest BCUT2D eigenvalue weighted by Crippen LogP contribution is -2.51. The predicted molar refractivity (Wildman–Crippen MR) is 82.0 cm³/mol. The summed E-state index contributed by atoms with van der Waals surface area (Å²) >= 11 is 0. The van der Waals surface area contributed by atoms with Crippen LogP contribution in [0.3, 0.4) is 0 Å². The smallest absolute Gasteiger partial charge is 0.254 e. The highest BCUT2D eigenvalue weighted by molar-refractivity contribution is 5.84. The standard InChI is InChI=1S/C16H27N3O2/c1-5-21-16(3,4)15(20)19-9-6-7-14(12-19)11-18-10-8-17-13(18)2/h8,10,14H,5-7,9,11-12H2,1-4H3/t14-/m1/s1. The van der Waals surface area contributed by atoms with Crippen molar-refractivity contribution in [3.8, 4) is 0 Å². The van der Waals surface area contributed by atoms with E-state index in [1.165, 1.54) is 0 Å². The summed E-state index contributed by atoms with van der Waals surface area (Å²) in [5.41, 5.74) is -0.721. The fourth-order valence-electron chi connectivity index (χ4n) is 3.08. The largest absolute Gasteiger partial charge is 0.366 e. The number of ether oxygens (including phenoxy) is 1. The third-order valence-electron chi connectivity index (χ3n) is 4.20. The summed E-state index contributed by atoms with van der Waals surface area (Å²) in [5.74, 6) is 1.64. The number of imidazole rings is 1. The van der Waals surface area contributed by atoms with Crippen molar-refractivity contribution >= 4 is 5.91 Å². The minimum atomic E-state index is -0.721. The lowest BCUT2D eigenvalue weighted by atomic mass is 9.96. The molecule has 1 aliphatic rings. The number of rotatable bonds is 5. The number of hydrogen-bond donors (Lipinski definition) is 0. The molecule has 0 radical (unpaired) electrons. The molecule has 0 N–H and O–H groups in total. The number of amides is 1. The third kappa shape index (κ3) is 3.84. The maximum Gasteiger partial charge on any atom is 0.254 e. The molecule has 0 unspecified atom stereocenters. The molecular formula is C16H27N3O2. The Morgan fingerprint density at radius 2 is 2.29 bits per heavy atom. The van der Waals surface area contributed by atoms with Gasteiger partial charge in [0.25, 0.3) is 5.91 Å². The summed E-state index contributed by atoms with van der Waals surface area (Å²) in [4.78, 5) is 18.8. The molecule has 5 heteroatoms. The molecule has 1 saturated heterocycles. The molecule has 2 rings (SSSR count). The molecular weight excluding hydrogens is 266 g/mol. The molecule has 0 saturated carbocycles. The summed E-state index contributed by atoms with van der Waals surface area (Å²) in [6.07, 6.45) is 6.07. The van der Waals surface area contributed by atoms with Gasteiger partial charge in [0.1, 0.15) is 11.4 Å². The van der Waals surface area contributed by atoms with Crippen molar-refractivity contribution in [2.45, 2.75) is 52.7 Å². The zero-order valence-electron chi connectivity index (χ0n) is 13.6. The van der Waals surface area contributed by atoms with E-state index in [4.69, 9.17) is 4.74 Å². The van der Waals surface area contributed by atoms with E-state index in [1.54, 1.807) is 0 Å². The molecule has 0 aromatic carbocycles. The van der Waals surface area contributed by atoms with Gasteiger partial charge in [-0.05, 0) is 46.5 Å². The molecule has 1 atom stereocenters. The van der Waals surface area contributed by atoms with Gasteiger partial charge in [-0.2, -0.15) is 0 Å². The molecule has 0 aliphatic carbocycles. The molecule has 21 heavy (non-hydrogen) atoms. The minimum absolute atomic E-state index is 0.108. The van der Waals surface area contributed by atoms with Crippen molar-refractivity contribution < 1.29 is 9.53 Å². The van der Waals surface area contributed by atoms with Crippen LogP contribution >= 0.6 is 0 Å². The van der Waals surface area contributed by atoms with E-state index < -0.39 is 5.60 Å². The number of carbonyl (C=O) groups excluding carboxylic acids is 1. The van der Waals surface area contributed by atoms with Gasteiger partial charge in [-0.1, -0.05) is 0 Å². The van der Waals surface area contributed by atoms with Crippen LogP contribution in [0.15, 0.2) is 12.4 Å². The molecule has 1 aromatic rings. The van der Waals surface area contributed by atoms with Gasteiger partial charge < -0.3 is 14.2 Å². The maximum absolute atomic E-state index is 12.6. The van der Waals surface area contributed by atoms with Crippen LogP contribution in [-0.4, -0.2) is 45.7 Å². The summed E-state index contributed by atoms with van der Waals surface area (Å²) in [5, 5.41) is 0. The average molecular weight is 293 g/mol. The number of aromatic nitrogens is 2. The van der Waals surface area contributed by atoms with Gasteiger partial charge in [0.05, 0.1) is 0 Å². The Morgan fingerprint density at radius 3 is 2.90 bits per heavy atom. The van der Waals surface area contributed by atoms with Crippen LogP contribution in [0.2, 0.25) is 0 Å². The van der Waals surface area contributed by atoms with Crippen molar-refractivity contribution in [1.82, 2.24) is 14.5 Å². The molecule has 1 aromatic heterocycles. The molecule has 1 fully saturated rings. The predicted octanol–water partition coefficient (Wildman–Crippen LogP) is 2.25. The molecule has 1 amide bonds. The fraction of sp³-hybridized carbons (Fsp3) is 0.750. The second-order valence-electron chi connectivity index (χ2n) is 6.33. The van der Waals surface area contributed by atoms with E-state index >= 15 is 0 Å². The second-order valence-corrected chi connectivity index (χ2v) is 6.33. The first-order valence-corrected chi connectivity index (χ1v) is 7.85. The van der Waals surface area contributed by atoms with Crippen LogP contribution < -0.4 is 0 Å². The van der Waals surface area contributed by atoms with Crippen LogP contribution in [0.5, 0.6) is 0 Å². The van der Waals surface area contributed by atoms with E-state index in [0.29, 0.717) is 12.5 Å². The fourth-order valence-corrected chi connectivity index (χ4v) is 3.08. The zero-order valence-corrected chi connectivity index (χ0v) is 13.6. The Labute approximate surface area is 127 Å². The SMILES string of the molecule is CCOC(C)(C)C(=O)N1CCC[C@H](Cn2ccnc2C)C1. The average Bonchev–Trinajstić information content (AvgIpc) is 2.84. The van der Waals surface area contributed by atoms with Gasteiger partial charge in [-0.3, -0.25) is 4.79 Å². The molecule has 5 nitrogen and oxygen atoms in total. The normalized spacial score (nSPS) is 19.8. The number of aryl methyl sites for hydroxylation is 1. The first-order chi connectivity index (χ1) is 9.94. The molecule has 0 bridgehead atoms. The Balaban J connectivity index is 1.97. The van der Waals surface area contributed by atoms with Crippen molar-refractivity contribution in [1.29, 1.82) is 0 Å². The van der Waals surface area contributed by atoms with Crippen LogP contribution in [0.1, 0.15) is 39.4 Å². The third-order valence-corrected chi connectivity index (χ3v) is 4.20. The molecule has 2 heterocycles. The van der Waals surface area contributed by atoms with E-state index in [-0.39, 0.29) is 5.91 Å². The lowest BCUT2D eigenvalue weighted by molar-refractivity contribution is -0.155. The van der Waals surface area contributed by atoms with Crippen molar-refractivity contribution in [2.75, 3.05) is 19.7 Å². The second kappa shape index (κ2) is 6.60. The van der Waals surface area contributed by atoms with Gasteiger partial charge in [0.15, 0.2) is 0 Å². The highest BCUT2D eigenvalue weighted by Crippen LogP contribution is 2.23. The van der Waals surface area contributed by atoms with Crippen molar-refractivity contribution in [3.05, 3.63) is 18.2 Å². The highest BCUT2D eigenvalue weighted by Gasteiger charge is 2.35.